The summed E-state index contributed by atoms with van der Waals surface area (Å²) in [5.74, 6) is -0.121. The molecule has 0 spiro atoms. The first-order chi connectivity index (χ1) is 10.1. The van der Waals surface area contributed by atoms with Gasteiger partial charge in [0.05, 0.1) is 11.8 Å². The molecule has 1 amide bonds. The largest absolute Gasteiger partial charge is 0.322 e. The molecule has 110 valence electrons. The van der Waals surface area contributed by atoms with E-state index in [1.165, 1.54) is 18.4 Å². The van der Waals surface area contributed by atoms with Crippen LogP contribution in [-0.2, 0) is 13.6 Å². The third-order valence-electron chi connectivity index (χ3n) is 3.86. The number of carbonyl (C=O) groups is 1. The van der Waals surface area contributed by atoms with Crippen molar-refractivity contribution in [1.82, 2.24) is 15.1 Å². The van der Waals surface area contributed by atoms with Gasteiger partial charge in [0.15, 0.2) is 0 Å². The maximum atomic E-state index is 12.2. The van der Waals surface area contributed by atoms with Gasteiger partial charge in [-0.1, -0.05) is 12.1 Å². The van der Waals surface area contributed by atoms with E-state index in [1.807, 2.05) is 38.2 Å². The summed E-state index contributed by atoms with van der Waals surface area (Å²) in [5.41, 5.74) is 3.51. The van der Waals surface area contributed by atoms with Gasteiger partial charge in [-0.2, -0.15) is 5.10 Å². The van der Waals surface area contributed by atoms with Crippen LogP contribution < -0.4 is 10.6 Å². The van der Waals surface area contributed by atoms with Gasteiger partial charge in [0.2, 0.25) is 0 Å². The number of benzene rings is 1. The Morgan fingerprint density at radius 3 is 2.62 bits per heavy atom. The molecule has 1 saturated carbocycles. The molecule has 1 aliphatic rings. The van der Waals surface area contributed by atoms with Gasteiger partial charge in [-0.15, -0.1) is 0 Å². The zero-order valence-corrected chi connectivity index (χ0v) is 12.4. The fourth-order valence-corrected chi connectivity index (χ4v) is 2.18. The molecular formula is C16H20N4O. The van der Waals surface area contributed by atoms with Crippen LogP contribution in [-0.4, -0.2) is 21.7 Å². The highest BCUT2D eigenvalue weighted by Crippen LogP contribution is 2.19. The topological polar surface area (TPSA) is 59.0 Å². The van der Waals surface area contributed by atoms with Crippen molar-refractivity contribution in [1.29, 1.82) is 0 Å². The van der Waals surface area contributed by atoms with Gasteiger partial charge >= 0.3 is 0 Å². The molecule has 2 N–H and O–H groups in total. The first kappa shape index (κ1) is 13.8. The Bertz CT molecular complexity index is 641. The first-order valence-electron chi connectivity index (χ1n) is 7.26. The Morgan fingerprint density at radius 2 is 2.05 bits per heavy atom. The normalized spacial score (nSPS) is 14.2. The van der Waals surface area contributed by atoms with Crippen molar-refractivity contribution in [2.45, 2.75) is 32.4 Å². The number of hydrogen-bond acceptors (Lipinski definition) is 3. The van der Waals surface area contributed by atoms with Crippen molar-refractivity contribution in [3.63, 3.8) is 0 Å². The highest BCUT2D eigenvalue weighted by atomic mass is 16.1. The zero-order chi connectivity index (χ0) is 14.8. The van der Waals surface area contributed by atoms with E-state index in [1.54, 1.807) is 10.9 Å². The number of aryl methyl sites for hydroxylation is 1. The fourth-order valence-electron chi connectivity index (χ4n) is 2.18. The summed E-state index contributed by atoms with van der Waals surface area (Å²) >= 11 is 0. The van der Waals surface area contributed by atoms with E-state index in [4.69, 9.17) is 0 Å². The predicted molar refractivity (Wildman–Crippen MR) is 82.2 cm³/mol. The molecule has 21 heavy (non-hydrogen) atoms. The van der Waals surface area contributed by atoms with Crippen LogP contribution in [0, 0.1) is 6.92 Å². The third-order valence-corrected chi connectivity index (χ3v) is 3.86. The smallest absolute Gasteiger partial charge is 0.259 e. The van der Waals surface area contributed by atoms with Crippen molar-refractivity contribution in [2.24, 2.45) is 7.05 Å². The van der Waals surface area contributed by atoms with Crippen LogP contribution in [0.5, 0.6) is 0 Å². The predicted octanol–water partition coefficient (Wildman–Crippen LogP) is 2.23. The zero-order valence-electron chi connectivity index (χ0n) is 12.4. The van der Waals surface area contributed by atoms with Gasteiger partial charge in [0.1, 0.15) is 0 Å². The molecule has 5 heteroatoms. The Labute approximate surface area is 124 Å². The third kappa shape index (κ3) is 3.31. The van der Waals surface area contributed by atoms with Crippen molar-refractivity contribution in [2.75, 3.05) is 5.32 Å². The summed E-state index contributed by atoms with van der Waals surface area (Å²) in [6.45, 7) is 2.77. The van der Waals surface area contributed by atoms with Crippen molar-refractivity contribution in [3.8, 4) is 0 Å². The second kappa shape index (κ2) is 5.69. The van der Waals surface area contributed by atoms with Gasteiger partial charge in [-0.3, -0.25) is 9.48 Å². The van der Waals surface area contributed by atoms with Gasteiger partial charge in [0.25, 0.3) is 5.91 Å². The number of rotatable bonds is 5. The maximum absolute atomic E-state index is 12.2. The van der Waals surface area contributed by atoms with Crippen LogP contribution >= 0.6 is 0 Å². The highest BCUT2D eigenvalue weighted by molar-refractivity contribution is 6.04. The van der Waals surface area contributed by atoms with E-state index in [0.717, 1.165) is 17.9 Å². The molecule has 3 rings (SSSR count). The molecule has 0 radical (unpaired) electrons. The lowest BCUT2D eigenvalue weighted by Crippen LogP contribution is -2.15. The molecule has 0 aliphatic heterocycles. The van der Waals surface area contributed by atoms with E-state index < -0.39 is 0 Å². The van der Waals surface area contributed by atoms with Crippen molar-refractivity contribution in [3.05, 3.63) is 47.3 Å². The van der Waals surface area contributed by atoms with Gasteiger partial charge in [-0.25, -0.2) is 0 Å². The molecule has 1 aliphatic carbocycles. The average molecular weight is 284 g/mol. The minimum absolute atomic E-state index is 0.121. The SMILES string of the molecule is Cc1c(C(=O)Nc2ccc(CNC3CC3)cc2)cnn1C. The van der Waals surface area contributed by atoms with E-state index in [0.29, 0.717) is 11.6 Å². The lowest BCUT2D eigenvalue weighted by molar-refractivity contribution is 0.102. The lowest BCUT2D eigenvalue weighted by atomic mass is 10.2. The second-order valence-electron chi connectivity index (χ2n) is 5.57. The van der Waals surface area contributed by atoms with E-state index in [9.17, 15) is 4.79 Å². The van der Waals surface area contributed by atoms with Crippen molar-refractivity contribution >= 4 is 11.6 Å². The molecule has 0 bridgehead atoms. The number of nitrogens with zero attached hydrogens (tertiary/aromatic N) is 2. The molecule has 0 atom stereocenters. The van der Waals surface area contributed by atoms with Crippen LogP contribution in [0.3, 0.4) is 0 Å². The summed E-state index contributed by atoms with van der Waals surface area (Å²) in [6.07, 6.45) is 4.18. The van der Waals surface area contributed by atoms with Crippen LogP contribution in [0.4, 0.5) is 5.69 Å². The number of nitrogens with one attached hydrogen (secondary N) is 2. The molecule has 2 aromatic rings. The quantitative estimate of drug-likeness (QED) is 0.885. The Balaban J connectivity index is 1.61. The van der Waals surface area contributed by atoms with Crippen molar-refractivity contribution < 1.29 is 4.79 Å². The number of hydrogen-bond donors (Lipinski definition) is 2. The number of aromatic nitrogens is 2. The molecule has 1 fully saturated rings. The summed E-state index contributed by atoms with van der Waals surface area (Å²) in [5, 5.41) is 10.5. The van der Waals surface area contributed by atoms with Gasteiger partial charge in [-0.05, 0) is 37.5 Å². The van der Waals surface area contributed by atoms with E-state index >= 15 is 0 Å². The standard InChI is InChI=1S/C16H20N4O/c1-11-15(10-18-20(11)2)16(21)19-14-5-3-12(4-6-14)9-17-13-7-8-13/h3-6,10,13,17H,7-9H2,1-2H3,(H,19,21). The minimum atomic E-state index is -0.121. The second-order valence-corrected chi connectivity index (χ2v) is 5.57. The summed E-state index contributed by atoms with van der Waals surface area (Å²) in [4.78, 5) is 12.2. The maximum Gasteiger partial charge on any atom is 0.259 e. The molecular weight excluding hydrogens is 264 g/mol. The molecule has 1 aromatic carbocycles. The molecule has 0 saturated heterocycles. The van der Waals surface area contributed by atoms with Crippen LogP contribution in [0.1, 0.15) is 34.5 Å². The van der Waals surface area contributed by atoms with E-state index in [2.05, 4.69) is 15.7 Å². The highest BCUT2D eigenvalue weighted by Gasteiger charge is 2.19. The Morgan fingerprint density at radius 1 is 1.33 bits per heavy atom. The molecule has 1 heterocycles. The molecule has 1 aromatic heterocycles. The average Bonchev–Trinajstić information content (AvgIpc) is 3.25. The fraction of sp³-hybridized carbons (Fsp3) is 0.375. The number of carbonyl (C=O) groups excluding carboxylic acids is 1. The molecule has 0 unspecified atom stereocenters. The van der Waals surface area contributed by atoms with Crippen LogP contribution in [0.25, 0.3) is 0 Å². The van der Waals surface area contributed by atoms with E-state index in [-0.39, 0.29) is 5.91 Å². The van der Waals surface area contributed by atoms with Crippen LogP contribution in [0.2, 0.25) is 0 Å². The van der Waals surface area contributed by atoms with Gasteiger partial charge < -0.3 is 10.6 Å². The summed E-state index contributed by atoms with van der Waals surface area (Å²) < 4.78 is 1.70. The lowest BCUT2D eigenvalue weighted by Gasteiger charge is -2.07. The Kier molecular flexibility index (Phi) is 3.75. The van der Waals surface area contributed by atoms with Gasteiger partial charge in [0, 0.05) is 31.0 Å². The Hall–Kier alpha value is -2.14. The minimum Gasteiger partial charge on any atom is -0.322 e. The van der Waals surface area contributed by atoms with Crippen LogP contribution in [0.15, 0.2) is 30.5 Å². The number of anilines is 1. The monoisotopic (exact) mass is 284 g/mol. The number of amides is 1. The summed E-state index contributed by atoms with van der Waals surface area (Å²) in [7, 11) is 1.83. The summed E-state index contributed by atoms with van der Waals surface area (Å²) in [6, 6.07) is 8.67. The first-order valence-corrected chi connectivity index (χ1v) is 7.26. The molecule has 5 nitrogen and oxygen atoms in total.